The third-order valence-electron chi connectivity index (χ3n) is 6.11. The van der Waals surface area contributed by atoms with Crippen molar-refractivity contribution in [3.8, 4) is 23.8 Å². The zero-order chi connectivity index (χ0) is 24.0. The maximum atomic E-state index is 6.12. The molecule has 8 nitrogen and oxygen atoms in total. The molecular weight excluding hydrogens is 432 g/mol. The molecule has 34 heavy (non-hydrogen) atoms. The summed E-state index contributed by atoms with van der Waals surface area (Å²) in [4.78, 5) is 11.2. The van der Waals surface area contributed by atoms with Crippen LogP contribution >= 0.6 is 0 Å². The van der Waals surface area contributed by atoms with E-state index in [1.54, 1.807) is 21.3 Å². The Hall–Kier alpha value is -3.38. The van der Waals surface area contributed by atoms with Gasteiger partial charge in [-0.05, 0) is 30.7 Å². The highest BCUT2D eigenvalue weighted by Gasteiger charge is 2.37. The molecule has 8 heteroatoms. The molecule has 1 saturated heterocycles. The zero-order valence-corrected chi connectivity index (χ0v) is 19.8. The van der Waals surface area contributed by atoms with Crippen LogP contribution in [0.5, 0.6) is 11.5 Å². The van der Waals surface area contributed by atoms with E-state index in [4.69, 9.17) is 25.4 Å². The molecule has 1 N–H and O–H groups in total. The van der Waals surface area contributed by atoms with Crippen LogP contribution in [0.1, 0.15) is 18.4 Å². The van der Waals surface area contributed by atoms with Crippen LogP contribution < -0.4 is 14.8 Å². The number of benzene rings is 2. The van der Waals surface area contributed by atoms with E-state index in [1.165, 1.54) is 6.33 Å². The normalized spacial score (nSPS) is 15.2. The first-order valence-electron chi connectivity index (χ1n) is 11.2. The number of terminal acetylenes is 1. The summed E-state index contributed by atoms with van der Waals surface area (Å²) in [7, 11) is 5.01. The van der Waals surface area contributed by atoms with Crippen molar-refractivity contribution in [2.45, 2.75) is 18.6 Å². The van der Waals surface area contributed by atoms with Crippen LogP contribution in [0.3, 0.4) is 0 Å². The fourth-order valence-electron chi connectivity index (χ4n) is 4.16. The van der Waals surface area contributed by atoms with E-state index in [9.17, 15) is 0 Å². The van der Waals surface area contributed by atoms with Crippen LogP contribution in [0.15, 0.2) is 42.7 Å². The van der Waals surface area contributed by atoms with Crippen molar-refractivity contribution in [3.63, 3.8) is 0 Å². The van der Waals surface area contributed by atoms with Gasteiger partial charge in [0, 0.05) is 56.4 Å². The Morgan fingerprint density at radius 3 is 2.71 bits per heavy atom. The average Bonchev–Trinajstić information content (AvgIpc) is 3.30. The number of likely N-dealkylation sites (tertiary alicyclic amines) is 1. The van der Waals surface area contributed by atoms with Gasteiger partial charge in [-0.3, -0.25) is 4.90 Å². The van der Waals surface area contributed by atoms with Gasteiger partial charge in [0.05, 0.1) is 25.8 Å². The average molecular weight is 463 g/mol. The number of fused-ring (bicyclic) bond motifs is 1. The van der Waals surface area contributed by atoms with Crippen molar-refractivity contribution >= 4 is 22.4 Å². The Bertz CT molecular complexity index is 1170. The molecule has 0 atom stereocenters. The Labute approximate surface area is 200 Å². The standard InChI is InChI=1S/C26H30N4O4/c1-5-19-8-6-9-20(14-19)29-25-21-15-24(23(31-2)16-22(21)27-18-28-25)34-13-7-11-30-12-10-26(17-30,32-3)33-4/h1,6,8-9,14-16,18H,7,10-13,17H2,2-4H3,(H,27,28,29). The van der Waals surface area contributed by atoms with E-state index >= 15 is 0 Å². The Morgan fingerprint density at radius 2 is 1.97 bits per heavy atom. The van der Waals surface area contributed by atoms with Crippen LogP contribution in [-0.2, 0) is 9.47 Å². The van der Waals surface area contributed by atoms with Crippen LogP contribution in [0.2, 0.25) is 0 Å². The highest BCUT2D eigenvalue weighted by Crippen LogP contribution is 2.35. The molecule has 2 aromatic carbocycles. The summed E-state index contributed by atoms with van der Waals surface area (Å²) in [6.45, 7) is 3.14. The molecule has 178 valence electrons. The zero-order valence-electron chi connectivity index (χ0n) is 19.8. The molecule has 0 bridgehead atoms. The third-order valence-corrected chi connectivity index (χ3v) is 6.11. The second kappa shape index (κ2) is 10.7. The van der Waals surface area contributed by atoms with Crippen molar-refractivity contribution in [2.24, 2.45) is 0 Å². The summed E-state index contributed by atoms with van der Waals surface area (Å²) >= 11 is 0. The van der Waals surface area contributed by atoms with E-state index in [-0.39, 0.29) is 0 Å². The van der Waals surface area contributed by atoms with Crippen LogP contribution in [0.4, 0.5) is 11.5 Å². The molecule has 0 saturated carbocycles. The van der Waals surface area contributed by atoms with E-state index in [0.29, 0.717) is 23.9 Å². The lowest BCUT2D eigenvalue weighted by Crippen LogP contribution is -2.37. The van der Waals surface area contributed by atoms with Crippen molar-refractivity contribution in [2.75, 3.05) is 52.9 Å². The Kier molecular flexibility index (Phi) is 7.48. The highest BCUT2D eigenvalue weighted by atomic mass is 16.7. The highest BCUT2D eigenvalue weighted by molar-refractivity contribution is 5.93. The van der Waals surface area contributed by atoms with Crippen molar-refractivity contribution in [1.82, 2.24) is 14.9 Å². The van der Waals surface area contributed by atoms with E-state index in [0.717, 1.165) is 54.6 Å². The van der Waals surface area contributed by atoms with Gasteiger partial charge in [-0.15, -0.1) is 6.42 Å². The van der Waals surface area contributed by atoms with Gasteiger partial charge >= 0.3 is 0 Å². The summed E-state index contributed by atoms with van der Waals surface area (Å²) in [5, 5.41) is 4.16. The van der Waals surface area contributed by atoms with E-state index in [1.807, 2.05) is 36.4 Å². The van der Waals surface area contributed by atoms with Crippen molar-refractivity contribution in [1.29, 1.82) is 0 Å². The molecule has 0 amide bonds. The maximum absolute atomic E-state index is 6.12. The van der Waals surface area contributed by atoms with Crippen molar-refractivity contribution in [3.05, 3.63) is 48.3 Å². The number of hydrogen-bond donors (Lipinski definition) is 1. The van der Waals surface area contributed by atoms with Crippen molar-refractivity contribution < 1.29 is 18.9 Å². The summed E-state index contributed by atoms with van der Waals surface area (Å²) in [6.07, 6.45) is 8.77. The smallest absolute Gasteiger partial charge is 0.181 e. The third kappa shape index (κ3) is 5.23. The quantitative estimate of drug-likeness (QED) is 0.277. The lowest BCUT2D eigenvalue weighted by molar-refractivity contribution is -0.195. The number of rotatable bonds is 10. The van der Waals surface area contributed by atoms with E-state index < -0.39 is 5.79 Å². The van der Waals surface area contributed by atoms with Gasteiger partial charge in [-0.1, -0.05) is 12.0 Å². The van der Waals surface area contributed by atoms with Crippen LogP contribution in [0, 0.1) is 12.3 Å². The van der Waals surface area contributed by atoms with Gasteiger partial charge in [-0.2, -0.15) is 0 Å². The minimum Gasteiger partial charge on any atom is -0.493 e. The van der Waals surface area contributed by atoms with Gasteiger partial charge in [0.1, 0.15) is 12.1 Å². The monoisotopic (exact) mass is 462 g/mol. The lowest BCUT2D eigenvalue weighted by atomic mass is 10.2. The molecule has 0 aliphatic carbocycles. The second-order valence-electron chi connectivity index (χ2n) is 8.14. The minimum atomic E-state index is -0.494. The largest absolute Gasteiger partial charge is 0.493 e. The van der Waals surface area contributed by atoms with Gasteiger partial charge in [0.2, 0.25) is 0 Å². The molecule has 0 unspecified atom stereocenters. The first kappa shape index (κ1) is 23.8. The number of anilines is 2. The maximum Gasteiger partial charge on any atom is 0.181 e. The molecule has 0 radical (unpaired) electrons. The number of nitrogens with one attached hydrogen (secondary N) is 1. The number of ether oxygens (including phenoxy) is 4. The molecular formula is C26H30N4O4. The molecule has 1 fully saturated rings. The number of hydrogen-bond acceptors (Lipinski definition) is 8. The predicted octanol–water partition coefficient (Wildman–Crippen LogP) is 3.83. The van der Waals surface area contributed by atoms with Gasteiger partial charge < -0.3 is 24.3 Å². The number of nitrogens with zero attached hydrogens (tertiary/aromatic N) is 3. The molecule has 2 heterocycles. The SMILES string of the molecule is C#Cc1cccc(Nc2ncnc3cc(OC)c(OCCCN4CCC(OC)(OC)C4)cc23)c1. The number of methoxy groups -OCH3 is 3. The van der Waals surface area contributed by atoms with Crippen LogP contribution in [0.25, 0.3) is 10.9 Å². The van der Waals surface area contributed by atoms with Gasteiger partial charge in [0.25, 0.3) is 0 Å². The summed E-state index contributed by atoms with van der Waals surface area (Å²) in [5.41, 5.74) is 2.39. The summed E-state index contributed by atoms with van der Waals surface area (Å²) < 4.78 is 22.8. The first-order chi connectivity index (χ1) is 16.6. The van der Waals surface area contributed by atoms with E-state index in [2.05, 4.69) is 26.1 Å². The molecule has 1 aliphatic rings. The van der Waals surface area contributed by atoms with Gasteiger partial charge in [-0.25, -0.2) is 9.97 Å². The summed E-state index contributed by atoms with van der Waals surface area (Å²) in [6, 6.07) is 11.4. The second-order valence-corrected chi connectivity index (χ2v) is 8.14. The Balaban J connectivity index is 1.46. The first-order valence-corrected chi connectivity index (χ1v) is 11.2. The van der Waals surface area contributed by atoms with Crippen LogP contribution in [-0.4, -0.2) is 68.2 Å². The molecule has 1 aromatic heterocycles. The fourth-order valence-corrected chi connectivity index (χ4v) is 4.16. The lowest BCUT2D eigenvalue weighted by Gasteiger charge is -2.26. The minimum absolute atomic E-state index is 0.494. The number of aromatic nitrogens is 2. The molecule has 3 aromatic rings. The fraction of sp³-hybridized carbons (Fsp3) is 0.385. The summed E-state index contributed by atoms with van der Waals surface area (Å²) in [5.74, 6) is 4.10. The molecule has 1 aliphatic heterocycles. The molecule has 0 spiro atoms. The topological polar surface area (TPSA) is 78.0 Å². The molecule has 4 rings (SSSR count). The van der Waals surface area contributed by atoms with Gasteiger partial charge in [0.15, 0.2) is 17.3 Å². The predicted molar refractivity (Wildman–Crippen MR) is 132 cm³/mol. The Morgan fingerprint density at radius 1 is 1.12 bits per heavy atom.